The van der Waals surface area contributed by atoms with E-state index in [0.717, 1.165) is 6.54 Å². The molecule has 0 bridgehead atoms. The molecule has 0 spiro atoms. The van der Waals surface area contributed by atoms with Gasteiger partial charge in [-0.15, -0.1) is 11.3 Å². The van der Waals surface area contributed by atoms with Gasteiger partial charge in [0.25, 0.3) is 0 Å². The maximum atomic E-state index is 11.8. The third kappa shape index (κ3) is 3.02. The van der Waals surface area contributed by atoms with Crippen molar-refractivity contribution >= 4 is 21.4 Å². The van der Waals surface area contributed by atoms with Crippen molar-refractivity contribution in [3.8, 4) is 0 Å². The monoisotopic (exact) mass is 262 g/mol. The Hall–Kier alpha value is -0.470. The number of sulfonamides is 1. The first kappa shape index (κ1) is 12.0. The molecule has 16 heavy (non-hydrogen) atoms. The van der Waals surface area contributed by atoms with Gasteiger partial charge in [-0.25, -0.2) is 13.1 Å². The largest absolute Gasteiger partial charge is 0.374 e. The van der Waals surface area contributed by atoms with E-state index in [1.165, 1.54) is 11.3 Å². The minimum absolute atomic E-state index is 0.0801. The molecule has 1 fully saturated rings. The molecule has 5 nitrogen and oxygen atoms in total. The first-order valence-corrected chi connectivity index (χ1v) is 7.40. The number of rotatable bonds is 4. The van der Waals surface area contributed by atoms with Gasteiger partial charge in [0.15, 0.2) is 0 Å². The lowest BCUT2D eigenvalue weighted by molar-refractivity contribution is 0.0324. The first-order valence-electron chi connectivity index (χ1n) is 5.04. The Morgan fingerprint density at radius 1 is 1.62 bits per heavy atom. The van der Waals surface area contributed by atoms with Gasteiger partial charge >= 0.3 is 0 Å². The van der Waals surface area contributed by atoms with Crippen LogP contribution in [0, 0.1) is 0 Å². The number of hydrogen-bond acceptors (Lipinski definition) is 5. The van der Waals surface area contributed by atoms with Gasteiger partial charge in [0.1, 0.15) is 4.21 Å². The average Bonchev–Trinajstić information content (AvgIpc) is 2.82. The van der Waals surface area contributed by atoms with Crippen LogP contribution in [-0.4, -0.2) is 40.8 Å². The van der Waals surface area contributed by atoms with Crippen LogP contribution in [0.1, 0.15) is 0 Å². The van der Waals surface area contributed by atoms with Gasteiger partial charge in [0.2, 0.25) is 10.0 Å². The molecule has 1 aliphatic heterocycles. The zero-order valence-electron chi connectivity index (χ0n) is 8.68. The molecule has 1 atom stereocenters. The lowest BCUT2D eigenvalue weighted by atomic mass is 10.3. The van der Waals surface area contributed by atoms with Crippen molar-refractivity contribution in [1.82, 2.24) is 10.0 Å². The Bertz CT molecular complexity index is 410. The van der Waals surface area contributed by atoms with Crippen LogP contribution in [0.5, 0.6) is 0 Å². The Morgan fingerprint density at radius 3 is 3.12 bits per heavy atom. The van der Waals surface area contributed by atoms with E-state index >= 15 is 0 Å². The molecular formula is C9H14N2O3S2. The van der Waals surface area contributed by atoms with Gasteiger partial charge in [0.05, 0.1) is 12.7 Å². The Labute approximate surface area is 98.9 Å². The van der Waals surface area contributed by atoms with Crippen molar-refractivity contribution < 1.29 is 13.2 Å². The zero-order chi connectivity index (χ0) is 11.4. The van der Waals surface area contributed by atoms with Crippen LogP contribution < -0.4 is 10.0 Å². The molecule has 90 valence electrons. The number of morpholine rings is 1. The van der Waals surface area contributed by atoms with Gasteiger partial charge in [-0.1, -0.05) is 6.07 Å². The fourth-order valence-electron chi connectivity index (χ4n) is 1.44. The minimum atomic E-state index is -3.36. The number of ether oxygens (including phenoxy) is 1. The number of hydrogen-bond donors (Lipinski definition) is 2. The smallest absolute Gasteiger partial charge is 0.250 e. The molecule has 1 aromatic rings. The lowest BCUT2D eigenvalue weighted by Crippen LogP contribution is -2.45. The Morgan fingerprint density at radius 2 is 2.50 bits per heavy atom. The van der Waals surface area contributed by atoms with Crippen LogP contribution in [-0.2, 0) is 14.8 Å². The molecule has 0 aliphatic carbocycles. The van der Waals surface area contributed by atoms with E-state index < -0.39 is 10.0 Å². The summed E-state index contributed by atoms with van der Waals surface area (Å²) in [5, 5.41) is 4.89. The number of thiophene rings is 1. The Balaban J connectivity index is 1.89. The van der Waals surface area contributed by atoms with Gasteiger partial charge in [-0.2, -0.15) is 0 Å². The highest BCUT2D eigenvalue weighted by atomic mass is 32.2. The summed E-state index contributed by atoms with van der Waals surface area (Å²) < 4.78 is 31.8. The summed E-state index contributed by atoms with van der Waals surface area (Å²) in [6, 6.07) is 3.31. The van der Waals surface area contributed by atoms with E-state index in [4.69, 9.17) is 4.74 Å². The van der Waals surface area contributed by atoms with Crippen LogP contribution >= 0.6 is 11.3 Å². The number of nitrogens with one attached hydrogen (secondary N) is 2. The van der Waals surface area contributed by atoms with Crippen molar-refractivity contribution in [1.29, 1.82) is 0 Å². The second-order valence-corrected chi connectivity index (χ2v) is 6.42. The highest BCUT2D eigenvalue weighted by Gasteiger charge is 2.19. The second kappa shape index (κ2) is 5.24. The minimum Gasteiger partial charge on any atom is -0.374 e. The molecule has 0 radical (unpaired) electrons. The van der Waals surface area contributed by atoms with Crippen molar-refractivity contribution in [2.24, 2.45) is 0 Å². The molecule has 0 aromatic carbocycles. The molecule has 7 heteroatoms. The fourth-order valence-corrected chi connectivity index (χ4v) is 3.54. The molecule has 1 aliphatic rings. The summed E-state index contributed by atoms with van der Waals surface area (Å²) in [5.74, 6) is 0. The highest BCUT2D eigenvalue weighted by Crippen LogP contribution is 2.15. The van der Waals surface area contributed by atoms with E-state index in [9.17, 15) is 8.42 Å². The fraction of sp³-hybridized carbons (Fsp3) is 0.556. The summed E-state index contributed by atoms with van der Waals surface area (Å²) in [6.07, 6.45) is -0.0801. The van der Waals surface area contributed by atoms with E-state index in [2.05, 4.69) is 10.0 Å². The lowest BCUT2D eigenvalue weighted by Gasteiger charge is -2.23. The summed E-state index contributed by atoms with van der Waals surface area (Å²) >= 11 is 1.21. The van der Waals surface area contributed by atoms with Gasteiger partial charge < -0.3 is 10.1 Å². The van der Waals surface area contributed by atoms with Crippen LogP contribution in [0.2, 0.25) is 0 Å². The van der Waals surface area contributed by atoms with Gasteiger partial charge in [0, 0.05) is 19.6 Å². The predicted octanol–water partition coefficient (Wildman–Crippen LogP) is 0.0148. The van der Waals surface area contributed by atoms with Crippen molar-refractivity contribution in [3.63, 3.8) is 0 Å². The van der Waals surface area contributed by atoms with Crippen LogP contribution in [0.4, 0.5) is 0 Å². The van der Waals surface area contributed by atoms with E-state index in [1.54, 1.807) is 17.5 Å². The van der Waals surface area contributed by atoms with E-state index in [-0.39, 0.29) is 6.10 Å². The summed E-state index contributed by atoms with van der Waals surface area (Å²) in [7, 11) is -3.36. The van der Waals surface area contributed by atoms with Crippen molar-refractivity contribution in [3.05, 3.63) is 17.5 Å². The molecule has 0 amide bonds. The molecule has 2 N–H and O–H groups in total. The maximum Gasteiger partial charge on any atom is 0.250 e. The maximum absolute atomic E-state index is 11.8. The topological polar surface area (TPSA) is 67.4 Å². The van der Waals surface area contributed by atoms with Gasteiger partial charge in [-0.05, 0) is 11.4 Å². The SMILES string of the molecule is O=S(=O)(NCC1CNCCO1)c1cccs1. The summed E-state index contributed by atoms with van der Waals surface area (Å²) in [5.41, 5.74) is 0. The molecule has 1 unspecified atom stereocenters. The van der Waals surface area contributed by atoms with Crippen LogP contribution in [0.3, 0.4) is 0 Å². The molecular weight excluding hydrogens is 248 g/mol. The average molecular weight is 262 g/mol. The third-order valence-electron chi connectivity index (χ3n) is 2.27. The second-order valence-electron chi connectivity index (χ2n) is 3.48. The van der Waals surface area contributed by atoms with E-state index in [1.807, 2.05) is 0 Å². The first-order chi connectivity index (χ1) is 7.68. The van der Waals surface area contributed by atoms with E-state index in [0.29, 0.717) is 23.9 Å². The van der Waals surface area contributed by atoms with Crippen molar-refractivity contribution in [2.75, 3.05) is 26.2 Å². The molecule has 0 saturated carbocycles. The molecule has 2 heterocycles. The highest BCUT2D eigenvalue weighted by molar-refractivity contribution is 7.91. The quantitative estimate of drug-likeness (QED) is 0.802. The summed E-state index contributed by atoms with van der Waals surface area (Å²) in [4.78, 5) is 0. The molecule has 2 rings (SSSR count). The predicted molar refractivity (Wildman–Crippen MR) is 62.1 cm³/mol. The van der Waals surface area contributed by atoms with Crippen LogP contribution in [0.25, 0.3) is 0 Å². The molecule has 1 saturated heterocycles. The molecule has 1 aromatic heterocycles. The van der Waals surface area contributed by atoms with Crippen LogP contribution in [0.15, 0.2) is 21.7 Å². The standard InChI is InChI=1S/C9H14N2O3S2/c12-16(13,9-2-1-5-15-9)11-7-8-6-10-3-4-14-8/h1-2,5,8,10-11H,3-4,6-7H2. The zero-order valence-corrected chi connectivity index (χ0v) is 10.3. The summed E-state index contributed by atoms with van der Waals surface area (Å²) in [6.45, 7) is 2.46. The van der Waals surface area contributed by atoms with Gasteiger partial charge in [-0.3, -0.25) is 0 Å². The Kier molecular flexibility index (Phi) is 3.93. The normalized spacial score (nSPS) is 22.1. The third-order valence-corrected chi connectivity index (χ3v) is 5.09. The van der Waals surface area contributed by atoms with Crippen molar-refractivity contribution in [2.45, 2.75) is 10.3 Å².